The summed E-state index contributed by atoms with van der Waals surface area (Å²) in [6.07, 6.45) is 1.25. The number of hydrogen-bond acceptors (Lipinski definition) is 5. The Morgan fingerprint density at radius 2 is 1.67 bits per heavy atom. The Morgan fingerprint density at radius 1 is 1.67 bits per heavy atom. The van der Waals surface area contributed by atoms with Gasteiger partial charge < -0.3 is 5.73 Å². The van der Waals surface area contributed by atoms with E-state index in [4.69, 9.17) is 5.26 Å². The molecular weight excluding hydrogens is 136 g/mol. The van der Waals surface area contributed by atoms with Gasteiger partial charge in [0.25, 0.3) is 0 Å². The second-order valence-electron chi connectivity index (χ2n) is 0.211. The third-order valence-corrected chi connectivity index (χ3v) is 0. The first-order valence-electron chi connectivity index (χ1n) is 0.877. The Bertz CT molecular complexity index is 38.5. The van der Waals surface area contributed by atoms with Gasteiger partial charge in [-0.2, -0.15) is 5.26 Å². The van der Waals surface area contributed by atoms with Gasteiger partial charge in [-0.25, -0.2) is 0 Å². The highest BCUT2D eigenvalue weighted by Crippen LogP contribution is 2.06. The highest BCUT2D eigenvalue weighted by atomic mass is 33.5. The summed E-state index contributed by atoms with van der Waals surface area (Å²) in [5, 5.41) is 7.10. The van der Waals surface area contributed by atoms with E-state index in [2.05, 4.69) is 29.1 Å². The van der Waals surface area contributed by atoms with Crippen LogP contribution in [0.15, 0.2) is 0 Å². The molecular formula is CH4N2S3. The van der Waals surface area contributed by atoms with E-state index in [1.165, 1.54) is 6.19 Å². The lowest BCUT2D eigenvalue weighted by Crippen LogP contribution is -1.69. The summed E-state index contributed by atoms with van der Waals surface area (Å²) in [7, 11) is 1.14. The molecule has 0 rings (SSSR count). The van der Waals surface area contributed by atoms with Crippen molar-refractivity contribution in [2.45, 2.75) is 0 Å². The standard InChI is InChI=1S/CH2N2.H2S3/c2-1-3;1-3-2/h2H2;1-2H. The zero-order valence-corrected chi connectivity index (χ0v) is 5.43. The molecule has 36 valence electrons. The van der Waals surface area contributed by atoms with Crippen molar-refractivity contribution < 1.29 is 0 Å². The quantitative estimate of drug-likeness (QED) is 0.202. The summed E-state index contributed by atoms with van der Waals surface area (Å²) < 4.78 is 0. The third kappa shape index (κ3) is 419. The van der Waals surface area contributed by atoms with Crippen LogP contribution in [0.1, 0.15) is 0 Å². The molecule has 0 unspecified atom stereocenters. The van der Waals surface area contributed by atoms with Gasteiger partial charge in [0, 0.05) is 0 Å². The molecule has 0 aliphatic heterocycles. The fourth-order valence-corrected chi connectivity index (χ4v) is 0. The predicted octanol–water partition coefficient (Wildman–Crippen LogP) is 0.835. The summed E-state index contributed by atoms with van der Waals surface area (Å²) in [6, 6.07) is 0. The van der Waals surface area contributed by atoms with Gasteiger partial charge >= 0.3 is 0 Å². The maximum Gasteiger partial charge on any atom is 0.173 e. The van der Waals surface area contributed by atoms with E-state index in [0.717, 1.165) is 9.83 Å². The third-order valence-electron chi connectivity index (χ3n) is 0. The largest absolute Gasteiger partial charge is 0.337 e. The predicted molar refractivity (Wildman–Crippen MR) is 35.4 cm³/mol. The smallest absolute Gasteiger partial charge is 0.173 e. The van der Waals surface area contributed by atoms with Crippen molar-refractivity contribution in [3.63, 3.8) is 0 Å². The molecule has 0 spiro atoms. The Balaban J connectivity index is 0. The van der Waals surface area contributed by atoms with Crippen LogP contribution in [0, 0.1) is 11.5 Å². The zero-order chi connectivity index (χ0) is 5.41. The van der Waals surface area contributed by atoms with Gasteiger partial charge in [-0.05, 0) is 9.83 Å². The normalized spacial score (nSPS) is 4.17. The average Bonchev–Trinajstić information content (AvgIpc) is 1.39. The van der Waals surface area contributed by atoms with Crippen LogP contribution in [0.5, 0.6) is 0 Å². The molecule has 0 aromatic heterocycles. The highest BCUT2D eigenvalue weighted by Gasteiger charge is 1.35. The molecule has 0 heterocycles. The van der Waals surface area contributed by atoms with Crippen molar-refractivity contribution in [2.24, 2.45) is 5.73 Å². The monoisotopic (exact) mass is 140 g/mol. The Morgan fingerprint density at radius 3 is 1.67 bits per heavy atom. The summed E-state index contributed by atoms with van der Waals surface area (Å²) in [4.78, 5) is 0. The molecule has 0 amide bonds. The van der Waals surface area contributed by atoms with E-state index in [0.29, 0.717) is 0 Å². The summed E-state index contributed by atoms with van der Waals surface area (Å²) >= 11 is 7.14. The number of nitriles is 1. The molecule has 0 aromatic rings. The van der Waals surface area contributed by atoms with Crippen LogP contribution in [-0.4, -0.2) is 0 Å². The fraction of sp³-hybridized carbons (Fsp3) is 0. The zero-order valence-electron chi connectivity index (χ0n) is 2.83. The second-order valence-corrected chi connectivity index (χ2v) is 2.33. The minimum absolute atomic E-state index is 1.14. The summed E-state index contributed by atoms with van der Waals surface area (Å²) in [6.45, 7) is 0. The maximum atomic E-state index is 7.10. The van der Waals surface area contributed by atoms with Crippen molar-refractivity contribution >= 4 is 33.1 Å². The minimum Gasteiger partial charge on any atom is -0.337 e. The van der Waals surface area contributed by atoms with Gasteiger partial charge in [-0.15, -0.1) is 0 Å². The number of thiol groups is 2. The fourth-order valence-electron chi connectivity index (χ4n) is 0. The Kier molecular flexibility index (Phi) is 29.4. The minimum atomic E-state index is 1.14. The van der Waals surface area contributed by atoms with Crippen molar-refractivity contribution in [3.05, 3.63) is 0 Å². The molecule has 0 atom stereocenters. The summed E-state index contributed by atoms with van der Waals surface area (Å²) in [5.41, 5.74) is 4.15. The van der Waals surface area contributed by atoms with Crippen LogP contribution in [-0.2, 0) is 0 Å². The van der Waals surface area contributed by atoms with Gasteiger partial charge in [0.15, 0.2) is 6.19 Å². The molecule has 5 heteroatoms. The first-order valence-corrected chi connectivity index (χ1v) is 3.80. The molecule has 0 radical (unpaired) electrons. The lowest BCUT2D eigenvalue weighted by atomic mass is 11.5. The molecule has 0 fully saturated rings. The van der Waals surface area contributed by atoms with Gasteiger partial charge in [-0.1, -0.05) is 23.3 Å². The average molecular weight is 140 g/mol. The van der Waals surface area contributed by atoms with E-state index < -0.39 is 0 Å². The molecule has 0 saturated carbocycles. The first-order chi connectivity index (χ1) is 2.83. The van der Waals surface area contributed by atoms with Crippen molar-refractivity contribution in [1.29, 1.82) is 5.26 Å². The van der Waals surface area contributed by atoms with E-state index in [9.17, 15) is 0 Å². The van der Waals surface area contributed by atoms with Gasteiger partial charge in [0.1, 0.15) is 0 Å². The van der Waals surface area contributed by atoms with E-state index in [-0.39, 0.29) is 0 Å². The number of rotatable bonds is 0. The van der Waals surface area contributed by atoms with Crippen LogP contribution in [0.4, 0.5) is 0 Å². The van der Waals surface area contributed by atoms with Crippen LogP contribution < -0.4 is 5.73 Å². The molecule has 0 aliphatic rings. The Labute approximate surface area is 50.7 Å². The molecule has 0 aliphatic carbocycles. The van der Waals surface area contributed by atoms with Crippen molar-refractivity contribution in [3.8, 4) is 6.19 Å². The molecule has 2 N–H and O–H groups in total. The second kappa shape index (κ2) is 18.4. The van der Waals surface area contributed by atoms with E-state index in [1.54, 1.807) is 0 Å². The molecule has 0 bridgehead atoms. The maximum absolute atomic E-state index is 7.10. The highest BCUT2D eigenvalue weighted by molar-refractivity contribution is 9.01. The SMILES string of the molecule is N#CN.SSS. The van der Waals surface area contributed by atoms with E-state index in [1.807, 2.05) is 0 Å². The molecule has 0 aromatic carbocycles. The van der Waals surface area contributed by atoms with Crippen LogP contribution in [0.3, 0.4) is 0 Å². The van der Waals surface area contributed by atoms with Gasteiger partial charge in [0.05, 0.1) is 0 Å². The molecule has 0 saturated heterocycles. The van der Waals surface area contributed by atoms with Crippen molar-refractivity contribution in [2.75, 3.05) is 0 Å². The van der Waals surface area contributed by atoms with Crippen LogP contribution in [0.25, 0.3) is 0 Å². The van der Waals surface area contributed by atoms with Crippen LogP contribution >= 0.6 is 33.1 Å². The van der Waals surface area contributed by atoms with Gasteiger partial charge in [0.2, 0.25) is 0 Å². The number of nitrogens with zero attached hydrogens (tertiary/aromatic N) is 1. The van der Waals surface area contributed by atoms with Crippen molar-refractivity contribution in [1.82, 2.24) is 0 Å². The van der Waals surface area contributed by atoms with Crippen LogP contribution in [0.2, 0.25) is 0 Å². The number of hydrogen-bond donors (Lipinski definition) is 3. The summed E-state index contributed by atoms with van der Waals surface area (Å²) in [5.74, 6) is 0. The first kappa shape index (κ1) is 9.60. The van der Waals surface area contributed by atoms with Gasteiger partial charge in [-0.3, -0.25) is 0 Å². The molecule has 2 nitrogen and oxygen atoms in total. The number of nitrogens with two attached hydrogens (primary N) is 1. The lowest BCUT2D eigenvalue weighted by Gasteiger charge is -1.48. The Hall–Kier alpha value is 0.340. The van der Waals surface area contributed by atoms with E-state index >= 15 is 0 Å². The topological polar surface area (TPSA) is 49.8 Å². The molecule has 6 heavy (non-hydrogen) atoms. The lowest BCUT2D eigenvalue weighted by molar-refractivity contribution is 1.45.